The summed E-state index contributed by atoms with van der Waals surface area (Å²) in [6, 6.07) is 12.4. The van der Waals surface area contributed by atoms with Crippen LogP contribution in [0.1, 0.15) is 5.56 Å². The van der Waals surface area contributed by atoms with Crippen LogP contribution in [0.25, 0.3) is 10.9 Å². The molecule has 3 aromatic rings. The van der Waals surface area contributed by atoms with Crippen molar-refractivity contribution in [3.05, 3.63) is 80.7 Å². The predicted molar refractivity (Wildman–Crippen MR) is 91.7 cm³/mol. The van der Waals surface area contributed by atoms with Crippen molar-refractivity contribution in [1.82, 2.24) is 14.5 Å². The average Bonchev–Trinajstić information content (AvgIpc) is 2.63. The van der Waals surface area contributed by atoms with Crippen LogP contribution >= 0.6 is 0 Å². The summed E-state index contributed by atoms with van der Waals surface area (Å²) in [6.07, 6.45) is 0. The first-order valence-corrected chi connectivity index (χ1v) is 7.67. The molecule has 6 nitrogen and oxygen atoms in total. The molecule has 128 valence electrons. The summed E-state index contributed by atoms with van der Waals surface area (Å²) >= 11 is 0. The topological polar surface area (TPSA) is 73.1 Å². The summed E-state index contributed by atoms with van der Waals surface area (Å²) in [6.45, 7) is 0.00617. The number of aromatic nitrogens is 2. The summed E-state index contributed by atoms with van der Waals surface area (Å²) in [5.41, 5.74) is 0.198. The Bertz CT molecular complexity index is 1050. The van der Waals surface area contributed by atoms with Gasteiger partial charge in [0.25, 0.3) is 5.56 Å². The highest BCUT2D eigenvalue weighted by molar-refractivity contribution is 5.81. The Balaban J connectivity index is 1.85. The number of carbonyl (C=O) groups is 1. The van der Waals surface area contributed by atoms with Gasteiger partial charge >= 0.3 is 5.69 Å². The van der Waals surface area contributed by atoms with Crippen LogP contribution in [-0.2, 0) is 24.9 Å². The number of halogens is 1. The Kier molecular flexibility index (Phi) is 4.47. The number of hydrogen-bond acceptors (Lipinski definition) is 3. The van der Waals surface area contributed by atoms with Crippen molar-refractivity contribution < 1.29 is 9.18 Å². The van der Waals surface area contributed by atoms with Gasteiger partial charge in [-0.05, 0) is 29.8 Å². The molecule has 0 saturated heterocycles. The fourth-order valence-electron chi connectivity index (χ4n) is 2.60. The van der Waals surface area contributed by atoms with E-state index in [0.717, 1.165) is 10.1 Å². The van der Waals surface area contributed by atoms with Crippen molar-refractivity contribution in [1.29, 1.82) is 0 Å². The SMILES string of the molecule is Cn1c(=O)c2ccccc2n(CC(=O)NCc2ccc(F)cc2)c1=O. The Labute approximate surface area is 142 Å². The van der Waals surface area contributed by atoms with Gasteiger partial charge in [0.05, 0.1) is 10.9 Å². The van der Waals surface area contributed by atoms with Crippen molar-refractivity contribution in [3.63, 3.8) is 0 Å². The highest BCUT2D eigenvalue weighted by Gasteiger charge is 2.13. The number of rotatable bonds is 4. The molecule has 0 aliphatic heterocycles. The van der Waals surface area contributed by atoms with Crippen LogP contribution in [0, 0.1) is 5.82 Å². The van der Waals surface area contributed by atoms with Crippen molar-refractivity contribution in [2.75, 3.05) is 0 Å². The Morgan fingerprint density at radius 3 is 2.48 bits per heavy atom. The number of amides is 1. The molecule has 0 fully saturated rings. The lowest BCUT2D eigenvalue weighted by Crippen LogP contribution is -2.41. The first kappa shape index (κ1) is 16.6. The van der Waals surface area contributed by atoms with E-state index in [1.54, 1.807) is 36.4 Å². The van der Waals surface area contributed by atoms with Gasteiger partial charge in [0.1, 0.15) is 12.4 Å². The normalized spacial score (nSPS) is 10.8. The standard InChI is InChI=1S/C18H16FN3O3/c1-21-17(24)14-4-2-3-5-15(14)22(18(21)25)11-16(23)20-10-12-6-8-13(19)9-7-12/h2-9H,10-11H2,1H3,(H,20,23). The minimum atomic E-state index is -0.555. The van der Waals surface area contributed by atoms with Crippen molar-refractivity contribution in [2.24, 2.45) is 7.05 Å². The minimum absolute atomic E-state index is 0.214. The van der Waals surface area contributed by atoms with E-state index in [1.807, 2.05) is 0 Å². The first-order chi connectivity index (χ1) is 12.0. The number of para-hydroxylation sites is 1. The molecule has 0 atom stereocenters. The fraction of sp³-hybridized carbons (Fsp3) is 0.167. The lowest BCUT2D eigenvalue weighted by Gasteiger charge is -2.12. The zero-order chi connectivity index (χ0) is 18.0. The van der Waals surface area contributed by atoms with Crippen molar-refractivity contribution >= 4 is 16.8 Å². The van der Waals surface area contributed by atoms with Crippen LogP contribution < -0.4 is 16.6 Å². The third kappa shape index (κ3) is 3.35. The van der Waals surface area contributed by atoms with Gasteiger partial charge in [-0.3, -0.25) is 18.7 Å². The molecular weight excluding hydrogens is 325 g/mol. The lowest BCUT2D eigenvalue weighted by molar-refractivity contribution is -0.121. The van der Waals surface area contributed by atoms with Gasteiger partial charge < -0.3 is 5.32 Å². The number of hydrogen-bond donors (Lipinski definition) is 1. The van der Waals surface area contributed by atoms with Crippen LogP contribution in [0.2, 0.25) is 0 Å². The van der Waals surface area contributed by atoms with E-state index >= 15 is 0 Å². The summed E-state index contributed by atoms with van der Waals surface area (Å²) in [5.74, 6) is -0.728. The van der Waals surface area contributed by atoms with Crippen LogP contribution in [0.15, 0.2) is 58.1 Å². The van der Waals surface area contributed by atoms with Crippen LogP contribution in [-0.4, -0.2) is 15.0 Å². The molecule has 1 heterocycles. The van der Waals surface area contributed by atoms with Gasteiger partial charge in [-0.2, -0.15) is 0 Å². The Morgan fingerprint density at radius 2 is 1.76 bits per heavy atom. The first-order valence-electron chi connectivity index (χ1n) is 7.67. The average molecular weight is 341 g/mol. The lowest BCUT2D eigenvalue weighted by atomic mass is 10.2. The molecule has 0 saturated carbocycles. The largest absolute Gasteiger partial charge is 0.350 e. The maximum Gasteiger partial charge on any atom is 0.331 e. The molecule has 1 N–H and O–H groups in total. The highest BCUT2D eigenvalue weighted by Crippen LogP contribution is 2.07. The van der Waals surface area contributed by atoms with Gasteiger partial charge in [0, 0.05) is 13.6 Å². The maximum absolute atomic E-state index is 12.9. The van der Waals surface area contributed by atoms with E-state index in [-0.39, 0.29) is 24.8 Å². The van der Waals surface area contributed by atoms with Crippen LogP contribution in [0.5, 0.6) is 0 Å². The molecule has 0 aliphatic carbocycles. The molecule has 7 heteroatoms. The van der Waals surface area contributed by atoms with E-state index in [0.29, 0.717) is 10.9 Å². The highest BCUT2D eigenvalue weighted by atomic mass is 19.1. The molecule has 3 rings (SSSR count). The second-order valence-corrected chi connectivity index (χ2v) is 5.65. The maximum atomic E-state index is 12.9. The number of fused-ring (bicyclic) bond motifs is 1. The second kappa shape index (κ2) is 6.72. The van der Waals surface area contributed by atoms with Crippen molar-refractivity contribution in [3.8, 4) is 0 Å². The molecule has 1 amide bonds. The number of benzene rings is 2. The van der Waals surface area contributed by atoms with E-state index < -0.39 is 11.2 Å². The Hall–Kier alpha value is -3.22. The fourth-order valence-corrected chi connectivity index (χ4v) is 2.60. The molecule has 25 heavy (non-hydrogen) atoms. The molecule has 0 aliphatic rings. The molecule has 0 unspecified atom stereocenters. The zero-order valence-corrected chi connectivity index (χ0v) is 13.5. The van der Waals surface area contributed by atoms with Gasteiger partial charge in [-0.15, -0.1) is 0 Å². The van der Waals surface area contributed by atoms with Gasteiger partial charge in [0.2, 0.25) is 5.91 Å². The zero-order valence-electron chi connectivity index (χ0n) is 13.5. The smallest absolute Gasteiger partial charge is 0.331 e. The molecule has 0 bridgehead atoms. The van der Waals surface area contributed by atoms with Crippen molar-refractivity contribution in [2.45, 2.75) is 13.1 Å². The summed E-state index contributed by atoms with van der Waals surface area (Å²) < 4.78 is 15.1. The molecular formula is C18H16FN3O3. The Morgan fingerprint density at radius 1 is 1.08 bits per heavy atom. The van der Waals surface area contributed by atoms with Gasteiger partial charge in [-0.1, -0.05) is 24.3 Å². The molecule has 1 aromatic heterocycles. The molecule has 2 aromatic carbocycles. The monoisotopic (exact) mass is 341 g/mol. The molecule has 0 radical (unpaired) electrons. The number of nitrogens with one attached hydrogen (secondary N) is 1. The van der Waals surface area contributed by atoms with E-state index in [4.69, 9.17) is 0 Å². The van der Waals surface area contributed by atoms with Gasteiger partial charge in [-0.25, -0.2) is 9.18 Å². The molecule has 0 spiro atoms. The van der Waals surface area contributed by atoms with E-state index in [1.165, 1.54) is 23.7 Å². The third-order valence-corrected chi connectivity index (χ3v) is 3.95. The van der Waals surface area contributed by atoms with Gasteiger partial charge in [0.15, 0.2) is 0 Å². The quantitative estimate of drug-likeness (QED) is 0.774. The van der Waals surface area contributed by atoms with E-state index in [2.05, 4.69) is 5.32 Å². The second-order valence-electron chi connectivity index (χ2n) is 5.65. The van der Waals surface area contributed by atoms with Crippen LogP contribution in [0.3, 0.4) is 0 Å². The summed E-state index contributed by atoms with van der Waals surface area (Å²) in [4.78, 5) is 36.7. The number of carbonyl (C=O) groups excluding carboxylic acids is 1. The summed E-state index contributed by atoms with van der Waals surface area (Å²) in [7, 11) is 1.38. The van der Waals surface area contributed by atoms with E-state index in [9.17, 15) is 18.8 Å². The predicted octanol–water partition coefficient (Wildman–Crippen LogP) is 1.16. The van der Waals surface area contributed by atoms with Crippen LogP contribution in [0.4, 0.5) is 4.39 Å². The minimum Gasteiger partial charge on any atom is -0.350 e. The third-order valence-electron chi connectivity index (χ3n) is 3.95. The summed E-state index contributed by atoms with van der Waals surface area (Å²) in [5, 5.41) is 3.06. The number of nitrogens with zero attached hydrogens (tertiary/aromatic N) is 2.